The van der Waals surface area contributed by atoms with Crippen molar-refractivity contribution in [3.63, 3.8) is 0 Å². The number of hydrogen-bond acceptors (Lipinski definition) is 4. The van der Waals surface area contributed by atoms with Gasteiger partial charge in [0.05, 0.1) is 12.6 Å². The lowest BCUT2D eigenvalue weighted by Crippen LogP contribution is -2.30. The van der Waals surface area contributed by atoms with Crippen LogP contribution in [0.25, 0.3) is 22.0 Å². The SMILES string of the molecule is C=C1C=NC=C1C1(O)c2cccc(c2)CCc2cccc(c2)-c2cc(OC)nc3ccc1cc23. The minimum Gasteiger partial charge on any atom is -0.481 e. The lowest BCUT2D eigenvalue weighted by molar-refractivity contribution is 0.124. The Bertz CT molecular complexity index is 1530. The van der Waals surface area contributed by atoms with Gasteiger partial charge in [0, 0.05) is 29.4 Å². The lowest BCUT2D eigenvalue weighted by Gasteiger charge is -2.32. The molecule has 4 nitrogen and oxygen atoms in total. The first kappa shape index (κ1) is 20.6. The number of ether oxygens (including phenoxy) is 1. The second-order valence-electron chi connectivity index (χ2n) is 8.90. The molecule has 4 heteroatoms. The summed E-state index contributed by atoms with van der Waals surface area (Å²) in [5.74, 6) is 0.562. The molecule has 6 bridgehead atoms. The molecule has 0 spiro atoms. The van der Waals surface area contributed by atoms with Crippen molar-refractivity contribution in [3.05, 3.63) is 119 Å². The van der Waals surface area contributed by atoms with Crippen LogP contribution in [0, 0.1) is 0 Å². The zero-order valence-electron chi connectivity index (χ0n) is 19.0. The van der Waals surface area contributed by atoms with Gasteiger partial charge in [-0.05, 0) is 63.9 Å². The average Bonchev–Trinajstić information content (AvgIpc) is 3.32. The molecule has 1 atom stereocenters. The van der Waals surface area contributed by atoms with E-state index in [-0.39, 0.29) is 0 Å². The smallest absolute Gasteiger partial charge is 0.214 e. The monoisotopic (exact) mass is 444 g/mol. The predicted octanol–water partition coefficient (Wildman–Crippen LogP) is 5.77. The van der Waals surface area contributed by atoms with E-state index in [1.54, 1.807) is 19.5 Å². The van der Waals surface area contributed by atoms with Crippen LogP contribution in [0.1, 0.15) is 22.3 Å². The number of hydrogen-bond donors (Lipinski definition) is 1. The first-order valence-electron chi connectivity index (χ1n) is 11.4. The number of nitrogens with zero attached hydrogens (tertiary/aromatic N) is 2. The normalized spacial score (nSPS) is 18.9. The van der Waals surface area contributed by atoms with Gasteiger partial charge in [0.15, 0.2) is 0 Å². The summed E-state index contributed by atoms with van der Waals surface area (Å²) in [6.45, 7) is 4.15. The quantitative estimate of drug-likeness (QED) is 0.427. The van der Waals surface area contributed by atoms with Crippen LogP contribution < -0.4 is 4.74 Å². The minimum atomic E-state index is -1.40. The van der Waals surface area contributed by atoms with Crippen LogP contribution in [0.3, 0.4) is 0 Å². The fourth-order valence-electron chi connectivity index (χ4n) is 5.06. The van der Waals surface area contributed by atoms with Gasteiger partial charge >= 0.3 is 0 Å². The molecular weight excluding hydrogens is 420 g/mol. The van der Waals surface area contributed by atoms with Gasteiger partial charge in [-0.3, -0.25) is 4.99 Å². The molecule has 1 unspecified atom stereocenters. The van der Waals surface area contributed by atoms with E-state index in [0.717, 1.165) is 46.0 Å². The fourth-order valence-corrected chi connectivity index (χ4v) is 5.06. The van der Waals surface area contributed by atoms with Crippen LogP contribution >= 0.6 is 0 Å². The number of fused-ring (bicyclic) bond motifs is 6. The van der Waals surface area contributed by atoms with Gasteiger partial charge in [0.25, 0.3) is 0 Å². The molecule has 0 saturated carbocycles. The molecule has 2 aliphatic rings. The third-order valence-electron chi connectivity index (χ3n) is 6.87. The Hall–Kier alpha value is -4.02. The zero-order chi connectivity index (χ0) is 23.3. The number of rotatable bonds is 2. The molecule has 1 N–H and O–H groups in total. The van der Waals surface area contributed by atoms with Crippen molar-refractivity contribution < 1.29 is 9.84 Å². The Morgan fingerprint density at radius 2 is 1.68 bits per heavy atom. The van der Waals surface area contributed by atoms with Crippen LogP contribution in [-0.4, -0.2) is 23.4 Å². The molecule has 34 heavy (non-hydrogen) atoms. The van der Waals surface area contributed by atoms with E-state index in [4.69, 9.17) is 4.74 Å². The Morgan fingerprint density at radius 1 is 0.912 bits per heavy atom. The van der Waals surface area contributed by atoms with Crippen molar-refractivity contribution in [2.75, 3.05) is 7.11 Å². The van der Waals surface area contributed by atoms with Crippen molar-refractivity contribution in [1.29, 1.82) is 0 Å². The standard InChI is InChI=1S/C30H24N2O2/c1-19-17-31-18-27(19)30(33)23-8-4-6-21(14-23)10-9-20-5-3-7-22(13-20)25-16-29(34-2)32-28-12-11-24(30)15-26(25)28/h3-8,11-18,33H,1,9-10H2,2H3. The summed E-state index contributed by atoms with van der Waals surface area (Å²) in [6, 6.07) is 24.8. The highest BCUT2D eigenvalue weighted by Gasteiger charge is 2.38. The summed E-state index contributed by atoms with van der Waals surface area (Å²) < 4.78 is 5.52. The van der Waals surface area contributed by atoms with E-state index >= 15 is 0 Å². The molecule has 0 saturated heterocycles. The zero-order valence-corrected chi connectivity index (χ0v) is 19.0. The highest BCUT2D eigenvalue weighted by Crippen LogP contribution is 2.43. The van der Waals surface area contributed by atoms with Crippen molar-refractivity contribution in [2.24, 2.45) is 4.99 Å². The molecule has 6 rings (SSSR count). The second-order valence-corrected chi connectivity index (χ2v) is 8.90. The number of pyridine rings is 1. The van der Waals surface area contributed by atoms with Crippen LogP contribution in [0.4, 0.5) is 0 Å². The minimum absolute atomic E-state index is 0.562. The van der Waals surface area contributed by atoms with Crippen molar-refractivity contribution in [3.8, 4) is 17.0 Å². The largest absolute Gasteiger partial charge is 0.481 e. The Morgan fingerprint density at radius 3 is 2.44 bits per heavy atom. The third kappa shape index (κ3) is 3.18. The molecule has 1 aliphatic carbocycles. The topological polar surface area (TPSA) is 54.7 Å². The second kappa shape index (κ2) is 7.79. The summed E-state index contributed by atoms with van der Waals surface area (Å²) in [5, 5.41) is 13.4. The van der Waals surface area contributed by atoms with Crippen molar-refractivity contribution in [1.82, 2.24) is 4.98 Å². The van der Waals surface area contributed by atoms with Crippen LogP contribution in [0.15, 0.2) is 102 Å². The Balaban J connectivity index is 1.71. The van der Waals surface area contributed by atoms with E-state index in [0.29, 0.717) is 17.0 Å². The highest BCUT2D eigenvalue weighted by molar-refractivity contribution is 5.96. The molecule has 1 aliphatic heterocycles. The number of aromatic nitrogens is 1. The van der Waals surface area contributed by atoms with Crippen molar-refractivity contribution >= 4 is 17.1 Å². The predicted molar refractivity (Wildman–Crippen MR) is 136 cm³/mol. The molecule has 3 aromatic carbocycles. The summed E-state index contributed by atoms with van der Waals surface area (Å²) in [6.07, 6.45) is 5.18. The maximum absolute atomic E-state index is 12.4. The lowest BCUT2D eigenvalue weighted by atomic mass is 9.77. The molecule has 166 valence electrons. The first-order valence-corrected chi connectivity index (χ1v) is 11.4. The fraction of sp³-hybridized carbons (Fsp3) is 0.133. The van der Waals surface area contributed by atoms with Gasteiger partial charge < -0.3 is 9.84 Å². The Labute approximate surface area is 198 Å². The average molecular weight is 445 g/mol. The van der Waals surface area contributed by atoms with E-state index < -0.39 is 5.60 Å². The molecular formula is C30H24N2O2. The first-order chi connectivity index (χ1) is 16.6. The van der Waals surface area contributed by atoms with Gasteiger partial charge in [0.2, 0.25) is 5.88 Å². The van der Waals surface area contributed by atoms with E-state index in [1.165, 1.54) is 11.1 Å². The van der Waals surface area contributed by atoms with Gasteiger partial charge in [-0.1, -0.05) is 61.2 Å². The number of aryl methyl sites for hydroxylation is 2. The van der Waals surface area contributed by atoms with E-state index in [1.807, 2.05) is 36.4 Å². The van der Waals surface area contributed by atoms with Crippen LogP contribution in [0.5, 0.6) is 5.88 Å². The maximum Gasteiger partial charge on any atom is 0.214 e. The summed E-state index contributed by atoms with van der Waals surface area (Å²) in [4.78, 5) is 8.97. The van der Waals surface area contributed by atoms with E-state index in [9.17, 15) is 5.11 Å². The molecule has 0 radical (unpaired) electrons. The summed E-state index contributed by atoms with van der Waals surface area (Å²) in [7, 11) is 1.63. The summed E-state index contributed by atoms with van der Waals surface area (Å²) >= 11 is 0. The van der Waals surface area contributed by atoms with Gasteiger partial charge in [0.1, 0.15) is 5.60 Å². The molecule has 2 heterocycles. The Kier molecular flexibility index (Phi) is 4.71. The van der Waals surface area contributed by atoms with Gasteiger partial charge in [-0.15, -0.1) is 0 Å². The number of benzene rings is 3. The van der Waals surface area contributed by atoms with Gasteiger partial charge in [-0.2, -0.15) is 0 Å². The maximum atomic E-state index is 12.4. The van der Waals surface area contributed by atoms with Crippen LogP contribution in [-0.2, 0) is 18.4 Å². The van der Waals surface area contributed by atoms with Crippen molar-refractivity contribution in [2.45, 2.75) is 18.4 Å². The van der Waals surface area contributed by atoms with E-state index in [2.05, 4.69) is 53.0 Å². The number of aliphatic imine (C=N–C) groups is 1. The van der Waals surface area contributed by atoms with Gasteiger partial charge in [-0.25, -0.2) is 4.98 Å². The molecule has 0 amide bonds. The molecule has 0 fully saturated rings. The van der Waals surface area contributed by atoms with Crippen LogP contribution in [0.2, 0.25) is 0 Å². The highest BCUT2D eigenvalue weighted by atomic mass is 16.5. The number of methoxy groups -OCH3 is 1. The third-order valence-corrected chi connectivity index (χ3v) is 6.87. The molecule has 1 aromatic heterocycles. The molecule has 4 aromatic rings. The number of aliphatic hydroxyl groups is 1. The summed E-state index contributed by atoms with van der Waals surface area (Å²) in [5.41, 5.74) is 6.91.